The Bertz CT molecular complexity index is 3460. The number of para-hydroxylation sites is 1. The van der Waals surface area contributed by atoms with Gasteiger partial charge in [0.1, 0.15) is 0 Å². The number of anilines is 6. The predicted octanol–water partition coefficient (Wildman–Crippen LogP) is 18.1. The van der Waals surface area contributed by atoms with Gasteiger partial charge in [-0.2, -0.15) is 0 Å². The summed E-state index contributed by atoms with van der Waals surface area (Å²) in [5.41, 5.74) is 22.7. The highest BCUT2D eigenvalue weighted by Crippen LogP contribution is 2.61. The predicted molar refractivity (Wildman–Crippen MR) is 297 cm³/mol. The van der Waals surface area contributed by atoms with Gasteiger partial charge in [-0.3, -0.25) is 0 Å². The minimum Gasteiger partial charge on any atom is -0.310 e. The van der Waals surface area contributed by atoms with Crippen LogP contribution < -0.4 is 9.80 Å². The lowest BCUT2D eigenvalue weighted by Gasteiger charge is -2.57. The second-order valence-corrected chi connectivity index (χ2v) is 22.7. The van der Waals surface area contributed by atoms with Crippen LogP contribution >= 0.6 is 0 Å². The summed E-state index contributed by atoms with van der Waals surface area (Å²) in [6.45, 7) is 4.83. The van der Waals surface area contributed by atoms with Crippen molar-refractivity contribution in [2.45, 2.75) is 88.9 Å². The van der Waals surface area contributed by atoms with Gasteiger partial charge in [-0.25, -0.2) is 0 Å². The molecule has 2 heteroatoms. The van der Waals surface area contributed by atoms with Crippen molar-refractivity contribution in [1.82, 2.24) is 0 Å². The van der Waals surface area contributed by atoms with E-state index in [-0.39, 0.29) is 5.41 Å². The van der Waals surface area contributed by atoms with Crippen molar-refractivity contribution in [2.75, 3.05) is 9.80 Å². The molecule has 348 valence electrons. The molecule has 4 saturated carbocycles. The first-order valence-corrected chi connectivity index (χ1v) is 26.7. The molecule has 4 fully saturated rings. The largest absolute Gasteiger partial charge is 0.310 e. The topological polar surface area (TPSA) is 6.48 Å². The van der Waals surface area contributed by atoms with Gasteiger partial charge in [0.15, 0.2) is 0 Å². The summed E-state index contributed by atoms with van der Waals surface area (Å²) < 4.78 is 0. The van der Waals surface area contributed by atoms with Crippen LogP contribution in [0.15, 0.2) is 200 Å². The van der Waals surface area contributed by atoms with Crippen molar-refractivity contribution < 1.29 is 0 Å². The minimum atomic E-state index is -0.171. The van der Waals surface area contributed by atoms with E-state index in [1.807, 2.05) is 0 Å². The summed E-state index contributed by atoms with van der Waals surface area (Å²) >= 11 is 0. The quantitative estimate of drug-likeness (QED) is 0.150. The van der Waals surface area contributed by atoms with Gasteiger partial charge in [0, 0.05) is 39.5 Å². The molecule has 2 nitrogen and oxygen atoms in total. The van der Waals surface area contributed by atoms with E-state index in [4.69, 9.17) is 0 Å². The molecule has 71 heavy (non-hydrogen) atoms. The third-order valence-electron chi connectivity index (χ3n) is 18.0. The molecular weight excluding hydrogens is 857 g/mol. The summed E-state index contributed by atoms with van der Waals surface area (Å²) in [6.07, 6.45) is 12.4. The molecule has 0 aliphatic heterocycles. The first-order chi connectivity index (χ1) is 34.8. The molecule has 9 aliphatic rings. The summed E-state index contributed by atoms with van der Waals surface area (Å²) in [5.74, 6) is 2.81. The fourth-order valence-electron chi connectivity index (χ4n) is 14.8. The maximum Gasteiger partial charge on any atom is 0.0496 e. The molecule has 0 N–H and O–H groups in total. The average Bonchev–Trinajstić information content (AvgIpc) is 3.62. The van der Waals surface area contributed by atoms with Crippen LogP contribution in [-0.2, 0) is 36.5 Å². The number of hydrogen-bond acceptors (Lipinski definition) is 2. The molecule has 8 bridgehead atoms. The number of nitrogens with zero attached hydrogens (tertiary/aromatic N) is 2. The van der Waals surface area contributed by atoms with E-state index in [9.17, 15) is 0 Å². The van der Waals surface area contributed by atoms with Gasteiger partial charge in [0.05, 0.1) is 0 Å². The lowest BCUT2D eigenvalue weighted by Crippen LogP contribution is -2.48. The SMILES string of the molecule is CC1(C)c2cc(-c3ccccc3)ccc2-c2ccc(N(c3ccc4ccccc4c3)c3cc4ccc3CCc3ccc(c(N(c5ccccc5)c5ccc(C67CC8CC(CC(C8)C6)C7)cc5)c3)CC4)cc21. The average molecular weight is 919 g/mol. The summed E-state index contributed by atoms with van der Waals surface area (Å²) in [5, 5.41) is 2.51. The molecule has 0 amide bonds. The van der Waals surface area contributed by atoms with Gasteiger partial charge in [0.25, 0.3) is 0 Å². The zero-order valence-electron chi connectivity index (χ0n) is 41.3. The van der Waals surface area contributed by atoms with Crippen molar-refractivity contribution in [3.05, 3.63) is 239 Å². The van der Waals surface area contributed by atoms with E-state index < -0.39 is 0 Å². The Morgan fingerprint density at radius 3 is 1.54 bits per heavy atom. The summed E-state index contributed by atoms with van der Waals surface area (Å²) in [6, 6.07) is 76.8. The van der Waals surface area contributed by atoms with E-state index >= 15 is 0 Å². The highest BCUT2D eigenvalue weighted by Gasteiger charge is 2.51. The number of fused-ring (bicyclic) bond motifs is 4. The van der Waals surface area contributed by atoms with E-state index in [1.54, 1.807) is 5.56 Å². The molecule has 0 heterocycles. The molecule has 0 spiro atoms. The van der Waals surface area contributed by atoms with Gasteiger partial charge >= 0.3 is 0 Å². The maximum atomic E-state index is 2.57. The monoisotopic (exact) mass is 918 g/mol. The van der Waals surface area contributed by atoms with Crippen LogP contribution in [0.1, 0.15) is 91.3 Å². The zero-order chi connectivity index (χ0) is 47.3. The second-order valence-electron chi connectivity index (χ2n) is 22.7. The molecule has 0 saturated heterocycles. The number of aryl methyl sites for hydroxylation is 4. The lowest BCUT2D eigenvalue weighted by molar-refractivity contribution is -0.00518. The maximum absolute atomic E-state index is 2.57. The van der Waals surface area contributed by atoms with Gasteiger partial charge in [-0.1, -0.05) is 147 Å². The molecule has 0 atom stereocenters. The number of benzene rings is 9. The van der Waals surface area contributed by atoms with Crippen LogP contribution in [0.4, 0.5) is 34.1 Å². The van der Waals surface area contributed by atoms with Crippen molar-refractivity contribution in [3.8, 4) is 22.3 Å². The Kier molecular flexibility index (Phi) is 10.1. The normalized spacial score (nSPS) is 21.1. The first-order valence-electron chi connectivity index (χ1n) is 26.7. The Morgan fingerprint density at radius 1 is 0.380 bits per heavy atom. The fraction of sp³-hybridized carbons (Fsp3) is 0.246. The molecule has 0 aromatic heterocycles. The van der Waals surface area contributed by atoms with Gasteiger partial charge in [0.2, 0.25) is 0 Å². The van der Waals surface area contributed by atoms with Crippen molar-refractivity contribution in [2.24, 2.45) is 17.8 Å². The van der Waals surface area contributed by atoms with Crippen molar-refractivity contribution in [3.63, 3.8) is 0 Å². The molecule has 9 aliphatic carbocycles. The van der Waals surface area contributed by atoms with E-state index in [0.717, 1.165) is 43.4 Å². The Labute approximate surface area is 420 Å². The highest BCUT2D eigenvalue weighted by atomic mass is 15.2. The smallest absolute Gasteiger partial charge is 0.0496 e. The molecule has 9 aromatic carbocycles. The standard InChI is InChI=1S/C69H62N2/c1-68(2)64-41-56(51-11-5-3-6-12-51)26-33-62(64)63-34-32-61(42-65(63)68)71(60-29-25-52-13-9-10-14-55(52)40-60)67-39-47-18-22-53-21-17-46(19-23-54(67)24-20-47)38-66(53)70(58-15-7-4-8-16-58)59-30-27-57(28-31-59)69-43-48-35-49(44-69)37-50(36-48)45-69/h3-17,20-21,24-34,38-42,48-50H,18-19,22-23,35-37,43-45H2,1-2H3. The van der Waals surface area contributed by atoms with Gasteiger partial charge in [-0.05, 0) is 226 Å². The van der Waals surface area contributed by atoms with Gasteiger partial charge < -0.3 is 9.80 Å². The molecule has 18 rings (SSSR count). The first kappa shape index (κ1) is 42.7. The Morgan fingerprint density at radius 2 is 0.887 bits per heavy atom. The van der Waals surface area contributed by atoms with Crippen LogP contribution in [0, 0.1) is 17.8 Å². The van der Waals surface area contributed by atoms with E-state index in [0.29, 0.717) is 5.41 Å². The van der Waals surface area contributed by atoms with Crippen molar-refractivity contribution in [1.29, 1.82) is 0 Å². The third kappa shape index (κ3) is 7.35. The Balaban J connectivity index is 0.837. The minimum absolute atomic E-state index is 0.171. The van der Waals surface area contributed by atoms with Crippen molar-refractivity contribution >= 4 is 44.9 Å². The molecular formula is C69H62N2. The van der Waals surface area contributed by atoms with E-state index in [2.05, 4.69) is 224 Å². The van der Waals surface area contributed by atoms with Crippen LogP contribution in [0.3, 0.4) is 0 Å². The molecule has 9 aromatic rings. The van der Waals surface area contributed by atoms with Gasteiger partial charge in [-0.15, -0.1) is 0 Å². The van der Waals surface area contributed by atoms with Crippen LogP contribution in [0.25, 0.3) is 33.0 Å². The number of rotatable bonds is 8. The van der Waals surface area contributed by atoms with Crippen LogP contribution in [0.5, 0.6) is 0 Å². The van der Waals surface area contributed by atoms with E-state index in [1.165, 1.54) is 139 Å². The molecule has 0 unspecified atom stereocenters. The fourth-order valence-corrected chi connectivity index (χ4v) is 14.8. The summed E-state index contributed by atoms with van der Waals surface area (Å²) in [4.78, 5) is 5.13. The third-order valence-corrected chi connectivity index (χ3v) is 18.0. The number of hydrogen-bond donors (Lipinski definition) is 0. The highest BCUT2D eigenvalue weighted by molar-refractivity contribution is 5.92. The Hall–Kier alpha value is -7.16. The summed E-state index contributed by atoms with van der Waals surface area (Å²) in [7, 11) is 0. The second kappa shape index (κ2) is 16.7. The molecule has 0 radical (unpaired) electrons. The lowest BCUT2D eigenvalue weighted by atomic mass is 9.48. The van der Waals surface area contributed by atoms with Crippen LogP contribution in [-0.4, -0.2) is 0 Å². The van der Waals surface area contributed by atoms with Crippen LogP contribution in [0.2, 0.25) is 0 Å². The zero-order valence-corrected chi connectivity index (χ0v) is 41.3.